The summed E-state index contributed by atoms with van der Waals surface area (Å²) in [5.41, 5.74) is -3.44. The van der Waals surface area contributed by atoms with E-state index in [0.29, 0.717) is 12.1 Å². The smallest absolute Gasteiger partial charge is 0.381 e. The van der Waals surface area contributed by atoms with Crippen molar-refractivity contribution in [2.45, 2.75) is 18.7 Å². The van der Waals surface area contributed by atoms with Crippen molar-refractivity contribution in [3.05, 3.63) is 65.0 Å². The minimum Gasteiger partial charge on any atom is -0.381 e. The van der Waals surface area contributed by atoms with E-state index in [1.165, 1.54) is 6.92 Å². The molecule has 21 heavy (non-hydrogen) atoms. The lowest BCUT2D eigenvalue weighted by molar-refractivity contribution is -0.140. The fourth-order valence-corrected chi connectivity index (χ4v) is 1.89. The highest BCUT2D eigenvalue weighted by atomic mass is 19.4. The van der Waals surface area contributed by atoms with Gasteiger partial charge in [-0.1, -0.05) is 6.07 Å². The van der Waals surface area contributed by atoms with Gasteiger partial charge in [-0.15, -0.1) is 0 Å². The van der Waals surface area contributed by atoms with Gasteiger partial charge in [-0.3, -0.25) is 4.98 Å². The van der Waals surface area contributed by atoms with Crippen molar-refractivity contribution >= 4 is 0 Å². The second-order valence-electron chi connectivity index (χ2n) is 4.66. The number of nitrogens with zero attached hydrogens (tertiary/aromatic N) is 1. The molecule has 2 nitrogen and oxygen atoms in total. The van der Waals surface area contributed by atoms with Crippen LogP contribution in [0.1, 0.15) is 23.6 Å². The second-order valence-corrected chi connectivity index (χ2v) is 4.66. The molecule has 1 atom stereocenters. The standard InChI is InChI=1S/C14H10F5NO/c1-13(21,9-4-10(15)7-20-6-9)8-2-3-11(12(16)5-8)14(17,18)19/h2-7,21H,1H3. The number of halogens is 5. The summed E-state index contributed by atoms with van der Waals surface area (Å²) < 4.78 is 64.1. The maximum atomic E-state index is 13.6. The lowest BCUT2D eigenvalue weighted by Crippen LogP contribution is -2.24. The van der Waals surface area contributed by atoms with E-state index < -0.39 is 29.0 Å². The Kier molecular flexibility index (Phi) is 3.71. The van der Waals surface area contributed by atoms with Crippen LogP contribution >= 0.6 is 0 Å². The zero-order valence-corrected chi connectivity index (χ0v) is 10.7. The maximum absolute atomic E-state index is 13.6. The first-order valence-corrected chi connectivity index (χ1v) is 5.83. The van der Waals surface area contributed by atoms with E-state index in [1.54, 1.807) is 0 Å². The number of alkyl halides is 3. The van der Waals surface area contributed by atoms with E-state index in [9.17, 15) is 27.1 Å². The van der Waals surface area contributed by atoms with Crippen molar-refractivity contribution in [3.63, 3.8) is 0 Å². The molecule has 2 aromatic rings. The van der Waals surface area contributed by atoms with Crippen LogP contribution in [-0.2, 0) is 11.8 Å². The lowest BCUT2D eigenvalue weighted by Gasteiger charge is -2.24. The fraction of sp³-hybridized carbons (Fsp3) is 0.214. The van der Waals surface area contributed by atoms with Gasteiger partial charge < -0.3 is 5.11 Å². The molecular formula is C14H10F5NO. The van der Waals surface area contributed by atoms with Crippen molar-refractivity contribution in [1.29, 1.82) is 0 Å². The molecule has 0 radical (unpaired) electrons. The molecule has 0 aliphatic heterocycles. The highest BCUT2D eigenvalue weighted by Gasteiger charge is 2.35. The first-order valence-electron chi connectivity index (χ1n) is 5.83. The van der Waals surface area contributed by atoms with Crippen molar-refractivity contribution in [1.82, 2.24) is 4.98 Å². The van der Waals surface area contributed by atoms with Gasteiger partial charge in [0.2, 0.25) is 0 Å². The predicted molar refractivity (Wildman–Crippen MR) is 64.3 cm³/mol. The number of aromatic nitrogens is 1. The summed E-state index contributed by atoms with van der Waals surface area (Å²) in [6.45, 7) is 1.21. The van der Waals surface area contributed by atoms with Gasteiger partial charge in [0.1, 0.15) is 17.2 Å². The van der Waals surface area contributed by atoms with Crippen LogP contribution in [0.15, 0.2) is 36.7 Å². The normalized spacial score (nSPS) is 14.8. The molecule has 1 aromatic carbocycles. The largest absolute Gasteiger partial charge is 0.419 e. The van der Waals surface area contributed by atoms with Gasteiger partial charge in [-0.05, 0) is 30.7 Å². The summed E-state index contributed by atoms with van der Waals surface area (Å²) in [5.74, 6) is -2.23. The van der Waals surface area contributed by atoms with Gasteiger partial charge in [-0.2, -0.15) is 13.2 Å². The van der Waals surface area contributed by atoms with Crippen molar-refractivity contribution in [2.24, 2.45) is 0 Å². The number of pyridine rings is 1. The Morgan fingerprint density at radius 1 is 1.00 bits per heavy atom. The Balaban J connectivity index is 2.49. The Bertz CT molecular complexity index is 667. The monoisotopic (exact) mass is 303 g/mol. The topological polar surface area (TPSA) is 33.1 Å². The number of hydrogen-bond acceptors (Lipinski definition) is 2. The van der Waals surface area contributed by atoms with Crippen LogP contribution in [-0.4, -0.2) is 10.1 Å². The molecule has 7 heteroatoms. The summed E-state index contributed by atoms with van der Waals surface area (Å²) in [7, 11) is 0. The summed E-state index contributed by atoms with van der Waals surface area (Å²) in [4.78, 5) is 3.55. The molecule has 0 fully saturated rings. The molecule has 1 unspecified atom stereocenters. The third-order valence-corrected chi connectivity index (χ3v) is 3.10. The average molecular weight is 303 g/mol. The first-order chi connectivity index (χ1) is 9.62. The zero-order valence-electron chi connectivity index (χ0n) is 10.7. The molecule has 0 bridgehead atoms. The highest BCUT2D eigenvalue weighted by molar-refractivity contribution is 5.36. The van der Waals surface area contributed by atoms with E-state index >= 15 is 0 Å². The summed E-state index contributed by atoms with van der Waals surface area (Å²) in [6, 6.07) is 3.03. The Hall–Kier alpha value is -2.02. The predicted octanol–water partition coefficient (Wildman–Crippen LogP) is 3.63. The molecule has 1 N–H and O–H groups in total. The maximum Gasteiger partial charge on any atom is 0.419 e. The Morgan fingerprint density at radius 2 is 1.67 bits per heavy atom. The molecule has 2 rings (SSSR count). The lowest BCUT2D eigenvalue weighted by atomic mass is 9.88. The molecular weight excluding hydrogens is 293 g/mol. The quantitative estimate of drug-likeness (QED) is 0.859. The molecule has 0 spiro atoms. The summed E-state index contributed by atoms with van der Waals surface area (Å²) >= 11 is 0. The molecule has 112 valence electrons. The van der Waals surface area contributed by atoms with Gasteiger partial charge in [0.25, 0.3) is 0 Å². The summed E-state index contributed by atoms with van der Waals surface area (Å²) in [6.07, 6.45) is -2.76. The molecule has 0 saturated heterocycles. The first kappa shape index (κ1) is 15.4. The SMILES string of the molecule is CC(O)(c1cncc(F)c1)c1ccc(C(F)(F)F)c(F)c1. The van der Waals surface area contributed by atoms with E-state index in [1.807, 2.05) is 0 Å². The van der Waals surface area contributed by atoms with E-state index in [-0.39, 0.29) is 11.1 Å². The van der Waals surface area contributed by atoms with Crippen LogP contribution in [0, 0.1) is 11.6 Å². The highest BCUT2D eigenvalue weighted by Crippen LogP contribution is 2.35. The van der Waals surface area contributed by atoms with Gasteiger partial charge in [0.15, 0.2) is 0 Å². The molecule has 0 aliphatic carbocycles. The Labute approximate surface area is 116 Å². The molecule has 0 amide bonds. The summed E-state index contributed by atoms with van der Waals surface area (Å²) in [5, 5.41) is 10.3. The molecule has 1 aromatic heterocycles. The van der Waals surface area contributed by atoms with Crippen LogP contribution in [0.2, 0.25) is 0 Å². The number of benzene rings is 1. The van der Waals surface area contributed by atoms with Crippen LogP contribution in [0.4, 0.5) is 22.0 Å². The number of aliphatic hydroxyl groups is 1. The average Bonchev–Trinajstić information content (AvgIpc) is 2.37. The van der Waals surface area contributed by atoms with Gasteiger partial charge in [0.05, 0.1) is 11.8 Å². The van der Waals surface area contributed by atoms with E-state index in [4.69, 9.17) is 0 Å². The fourth-order valence-electron chi connectivity index (χ4n) is 1.89. The van der Waals surface area contributed by atoms with E-state index in [0.717, 1.165) is 24.5 Å². The van der Waals surface area contributed by atoms with Gasteiger partial charge >= 0.3 is 6.18 Å². The van der Waals surface area contributed by atoms with Crippen LogP contribution in [0.25, 0.3) is 0 Å². The van der Waals surface area contributed by atoms with E-state index in [2.05, 4.69) is 4.98 Å². The van der Waals surface area contributed by atoms with Gasteiger partial charge in [0, 0.05) is 11.8 Å². The molecule has 0 saturated carbocycles. The Morgan fingerprint density at radius 3 is 2.19 bits per heavy atom. The third-order valence-electron chi connectivity index (χ3n) is 3.10. The van der Waals surface area contributed by atoms with Gasteiger partial charge in [-0.25, -0.2) is 8.78 Å². The molecule has 0 aliphatic rings. The second kappa shape index (κ2) is 5.07. The van der Waals surface area contributed by atoms with Crippen molar-refractivity contribution in [3.8, 4) is 0 Å². The number of rotatable bonds is 2. The van der Waals surface area contributed by atoms with Crippen molar-refractivity contribution < 1.29 is 27.1 Å². The van der Waals surface area contributed by atoms with Crippen molar-refractivity contribution in [2.75, 3.05) is 0 Å². The zero-order chi connectivity index (χ0) is 15.8. The van der Waals surface area contributed by atoms with Crippen LogP contribution < -0.4 is 0 Å². The minimum atomic E-state index is -4.82. The minimum absolute atomic E-state index is 0.00154. The van der Waals surface area contributed by atoms with Crippen LogP contribution in [0.5, 0.6) is 0 Å². The van der Waals surface area contributed by atoms with Crippen LogP contribution in [0.3, 0.4) is 0 Å². The number of hydrogen-bond donors (Lipinski definition) is 1. The third kappa shape index (κ3) is 3.02. The molecule has 1 heterocycles.